The fourth-order valence-electron chi connectivity index (χ4n) is 2.59. The van der Waals surface area contributed by atoms with Gasteiger partial charge in [0.05, 0.1) is 6.10 Å². The quantitative estimate of drug-likeness (QED) is 0.315. The molecule has 0 aliphatic heterocycles. The molecule has 1 aromatic carbocycles. The number of anilines is 1. The molecule has 0 heterocycles. The number of amides is 1. The van der Waals surface area contributed by atoms with Gasteiger partial charge in [0.15, 0.2) is 0 Å². The van der Waals surface area contributed by atoms with Crippen molar-refractivity contribution in [3.8, 4) is 0 Å². The smallest absolute Gasteiger partial charge is 0.322 e. The Bertz CT molecular complexity index is 591. The second kappa shape index (κ2) is 11.8. The van der Waals surface area contributed by atoms with E-state index in [4.69, 9.17) is 20.0 Å². The van der Waals surface area contributed by atoms with E-state index < -0.39 is 24.8 Å². The number of nitrogens with two attached hydrogens (primary N) is 1. The van der Waals surface area contributed by atoms with Crippen molar-refractivity contribution in [2.45, 2.75) is 70.9 Å². The lowest BCUT2D eigenvalue weighted by Crippen LogP contribution is -2.44. The maximum Gasteiger partial charge on any atom is 0.322 e. The average Bonchev–Trinajstić information content (AvgIpc) is 2.57. The highest BCUT2D eigenvalue weighted by Crippen LogP contribution is 2.38. The fourth-order valence-corrected chi connectivity index (χ4v) is 3.56. The Balaban J connectivity index is 2.41. The lowest BCUT2D eigenvalue weighted by molar-refractivity contribution is -0.119. The van der Waals surface area contributed by atoms with E-state index in [1.54, 1.807) is 0 Å². The van der Waals surface area contributed by atoms with E-state index in [-0.39, 0.29) is 0 Å². The third-order valence-electron chi connectivity index (χ3n) is 4.15. The summed E-state index contributed by atoms with van der Waals surface area (Å²) in [6.07, 6.45) is 7.71. The number of hydrogen-bond acceptors (Lipinski definition) is 4. The largest absolute Gasteiger partial charge is 0.325 e. The van der Waals surface area contributed by atoms with Crippen LogP contribution in [0.2, 0.25) is 0 Å². The molecule has 1 amide bonds. The number of benzene rings is 1. The van der Waals surface area contributed by atoms with E-state index in [0.29, 0.717) is 5.69 Å². The van der Waals surface area contributed by atoms with E-state index in [1.165, 1.54) is 51.0 Å². The van der Waals surface area contributed by atoms with Crippen LogP contribution in [0.3, 0.4) is 0 Å². The standard InChI is InChI=1S/C18H31N2O4PS/c1-3-4-5-6-7-8-9-15-10-12-16(13-11-15)20-18(21)17(19)14(2)24-25(22,23)26/h10-14,17H,3-9,19H2,1-2H3,(H,20,21)(H2,22,23,26)/t14-,17+/m0/s1. The van der Waals surface area contributed by atoms with Gasteiger partial charge in [0, 0.05) is 5.69 Å². The van der Waals surface area contributed by atoms with Crippen LogP contribution < -0.4 is 11.1 Å². The third kappa shape index (κ3) is 9.76. The maximum absolute atomic E-state index is 12.1. The van der Waals surface area contributed by atoms with Gasteiger partial charge in [-0.3, -0.25) is 4.79 Å². The molecule has 26 heavy (non-hydrogen) atoms. The summed E-state index contributed by atoms with van der Waals surface area (Å²) in [5.41, 5.74) is 7.65. The molecule has 0 bridgehead atoms. The van der Waals surface area contributed by atoms with E-state index in [2.05, 4.69) is 24.0 Å². The molecule has 1 rings (SSSR count). The van der Waals surface area contributed by atoms with E-state index in [1.807, 2.05) is 24.3 Å². The van der Waals surface area contributed by atoms with E-state index >= 15 is 0 Å². The molecule has 148 valence electrons. The van der Waals surface area contributed by atoms with Gasteiger partial charge in [-0.05, 0) is 49.3 Å². The summed E-state index contributed by atoms with van der Waals surface area (Å²) >= 11 is 4.39. The minimum atomic E-state index is -3.85. The topological polar surface area (TPSA) is 105 Å². The zero-order valence-corrected chi connectivity index (χ0v) is 17.3. The predicted molar refractivity (Wildman–Crippen MR) is 109 cm³/mol. The van der Waals surface area contributed by atoms with E-state index in [9.17, 15) is 4.79 Å². The Morgan fingerprint density at radius 2 is 1.77 bits per heavy atom. The highest BCUT2D eigenvalue weighted by molar-refractivity contribution is 8.06. The zero-order valence-electron chi connectivity index (χ0n) is 15.6. The predicted octanol–water partition coefficient (Wildman–Crippen LogP) is 3.47. The van der Waals surface area contributed by atoms with Gasteiger partial charge < -0.3 is 25.4 Å². The van der Waals surface area contributed by atoms with Crippen molar-refractivity contribution in [2.24, 2.45) is 5.73 Å². The Kier molecular flexibility index (Phi) is 10.5. The highest BCUT2D eigenvalue weighted by Gasteiger charge is 2.26. The first-order valence-corrected chi connectivity index (χ1v) is 11.7. The van der Waals surface area contributed by atoms with Crippen molar-refractivity contribution in [3.63, 3.8) is 0 Å². The van der Waals surface area contributed by atoms with Gasteiger partial charge >= 0.3 is 6.72 Å². The van der Waals surface area contributed by atoms with Crippen LogP contribution in [0.4, 0.5) is 5.69 Å². The Morgan fingerprint density at radius 3 is 2.35 bits per heavy atom. The molecule has 0 aromatic heterocycles. The monoisotopic (exact) mass is 402 g/mol. The van der Waals surface area contributed by atoms with Crippen LogP contribution in [-0.4, -0.2) is 27.8 Å². The number of hydrogen-bond donors (Lipinski definition) is 4. The van der Waals surface area contributed by atoms with Crippen LogP contribution in [0.15, 0.2) is 24.3 Å². The summed E-state index contributed by atoms with van der Waals surface area (Å²) in [7, 11) is 0. The normalized spacial score (nSPS) is 14.0. The molecule has 0 saturated heterocycles. The maximum atomic E-state index is 12.1. The van der Waals surface area contributed by atoms with Crippen LogP contribution >= 0.6 is 6.72 Å². The summed E-state index contributed by atoms with van der Waals surface area (Å²) in [6, 6.07) is 6.61. The van der Waals surface area contributed by atoms with Gasteiger partial charge in [0.1, 0.15) is 6.04 Å². The first-order valence-electron chi connectivity index (χ1n) is 9.12. The highest BCUT2D eigenvalue weighted by atomic mass is 32.5. The van der Waals surface area contributed by atoms with Crippen molar-refractivity contribution < 1.29 is 19.1 Å². The number of carbonyl (C=O) groups excluding carboxylic acids is 1. The number of carbonyl (C=O) groups is 1. The fraction of sp³-hybridized carbons (Fsp3) is 0.611. The molecular weight excluding hydrogens is 371 g/mol. The summed E-state index contributed by atoms with van der Waals surface area (Å²) in [6.45, 7) is -0.162. The lowest BCUT2D eigenvalue weighted by Gasteiger charge is -2.21. The summed E-state index contributed by atoms with van der Waals surface area (Å²) in [5, 5.41) is 2.70. The second-order valence-corrected chi connectivity index (χ2v) is 9.15. The first-order chi connectivity index (χ1) is 12.2. The summed E-state index contributed by atoms with van der Waals surface area (Å²) in [4.78, 5) is 30.4. The first kappa shape index (κ1) is 23.2. The molecule has 0 aliphatic rings. The molecule has 2 atom stereocenters. The molecule has 0 radical (unpaired) electrons. The van der Waals surface area contributed by atoms with Crippen molar-refractivity contribution >= 4 is 30.1 Å². The molecule has 0 fully saturated rings. The number of aryl methyl sites for hydroxylation is 1. The Morgan fingerprint density at radius 1 is 1.19 bits per heavy atom. The summed E-state index contributed by atoms with van der Waals surface area (Å²) < 4.78 is 4.81. The summed E-state index contributed by atoms with van der Waals surface area (Å²) in [5.74, 6) is -0.468. The van der Waals surface area contributed by atoms with E-state index in [0.717, 1.165) is 6.42 Å². The van der Waals surface area contributed by atoms with Crippen LogP contribution in [0.1, 0.15) is 57.9 Å². The molecular formula is C18H31N2O4PS. The van der Waals surface area contributed by atoms with Gasteiger partial charge in [-0.15, -0.1) is 0 Å². The second-order valence-electron chi connectivity index (χ2n) is 6.53. The van der Waals surface area contributed by atoms with Crippen molar-refractivity contribution in [3.05, 3.63) is 29.8 Å². The molecule has 0 aliphatic carbocycles. The van der Waals surface area contributed by atoms with Gasteiger partial charge in [0.2, 0.25) is 5.91 Å². The van der Waals surface area contributed by atoms with Gasteiger partial charge in [0.25, 0.3) is 0 Å². The molecule has 0 unspecified atom stereocenters. The molecule has 6 nitrogen and oxygen atoms in total. The van der Waals surface area contributed by atoms with Gasteiger partial charge in [-0.1, -0.05) is 51.2 Å². The van der Waals surface area contributed by atoms with Crippen molar-refractivity contribution in [1.82, 2.24) is 0 Å². The van der Waals surface area contributed by atoms with Gasteiger partial charge in [-0.2, -0.15) is 0 Å². The average molecular weight is 402 g/mol. The van der Waals surface area contributed by atoms with Crippen molar-refractivity contribution in [1.29, 1.82) is 0 Å². The number of rotatable bonds is 12. The third-order valence-corrected chi connectivity index (χ3v) is 5.02. The Labute approximate surface area is 161 Å². The van der Waals surface area contributed by atoms with Gasteiger partial charge in [-0.25, -0.2) is 0 Å². The number of unbranched alkanes of at least 4 members (excludes halogenated alkanes) is 5. The van der Waals surface area contributed by atoms with Crippen LogP contribution in [0.25, 0.3) is 0 Å². The molecule has 5 N–H and O–H groups in total. The lowest BCUT2D eigenvalue weighted by atomic mass is 10.0. The molecule has 0 spiro atoms. The molecule has 8 heteroatoms. The minimum Gasteiger partial charge on any atom is -0.325 e. The number of nitrogens with one attached hydrogen (secondary N) is 1. The SMILES string of the molecule is CCCCCCCCc1ccc(NC(=O)[C@H](N)[C@H](C)OP(O)(O)=S)cc1. The Hall–Kier alpha value is -0.820. The van der Waals surface area contributed by atoms with Crippen LogP contribution in [-0.2, 0) is 27.5 Å². The molecule has 1 aromatic rings. The zero-order chi connectivity index (χ0) is 19.6. The van der Waals surface area contributed by atoms with Crippen LogP contribution in [0, 0.1) is 0 Å². The van der Waals surface area contributed by atoms with Crippen LogP contribution in [0.5, 0.6) is 0 Å². The minimum absolute atomic E-state index is 0.468. The van der Waals surface area contributed by atoms with Crippen molar-refractivity contribution in [2.75, 3.05) is 5.32 Å². The molecule has 0 saturated carbocycles.